The molecule has 2 amide bonds. The summed E-state index contributed by atoms with van der Waals surface area (Å²) in [5, 5.41) is 1.97. The van der Waals surface area contributed by atoms with Crippen molar-refractivity contribution in [3.05, 3.63) is 65.2 Å². The molecule has 0 fully saturated rings. The first-order valence-electron chi connectivity index (χ1n) is 7.54. The summed E-state index contributed by atoms with van der Waals surface area (Å²) >= 11 is 0. The van der Waals surface area contributed by atoms with E-state index in [1.54, 1.807) is 12.1 Å². The summed E-state index contributed by atoms with van der Waals surface area (Å²) in [5.41, 5.74) is -1.84. The largest absolute Gasteiger partial charge is 0.496 e. The zero-order valence-corrected chi connectivity index (χ0v) is 14.0. The van der Waals surface area contributed by atoms with Gasteiger partial charge in [-0.2, -0.15) is 13.2 Å². The molecule has 0 heterocycles. The Morgan fingerprint density at radius 3 is 2.19 bits per heavy atom. The van der Waals surface area contributed by atoms with Gasteiger partial charge < -0.3 is 9.47 Å². The predicted octanol–water partition coefficient (Wildman–Crippen LogP) is 2.83. The monoisotopic (exact) mass is 381 g/mol. The molecule has 0 aromatic heterocycles. The van der Waals surface area contributed by atoms with Crippen LogP contribution in [0.25, 0.3) is 0 Å². The number of hydrogen-bond acceptors (Lipinski definition) is 5. The lowest BCUT2D eigenvalue weighted by Gasteiger charge is -2.12. The molecule has 0 aliphatic rings. The molecule has 1 N–H and O–H groups in total. The minimum atomic E-state index is -4.75. The Hall–Kier alpha value is -3.36. The van der Waals surface area contributed by atoms with Gasteiger partial charge in [0.05, 0.1) is 23.8 Å². The number of rotatable bonds is 5. The summed E-state index contributed by atoms with van der Waals surface area (Å²) < 4.78 is 48.3. The lowest BCUT2D eigenvalue weighted by Crippen LogP contribution is -2.34. The fourth-order valence-corrected chi connectivity index (χ4v) is 2.18. The number of ether oxygens (including phenoxy) is 2. The molecule has 0 saturated carbocycles. The molecule has 9 heteroatoms. The Balaban J connectivity index is 2.00. The van der Waals surface area contributed by atoms with E-state index >= 15 is 0 Å². The van der Waals surface area contributed by atoms with Crippen molar-refractivity contribution in [2.24, 2.45) is 0 Å². The number of para-hydroxylation sites is 1. The summed E-state index contributed by atoms with van der Waals surface area (Å²) in [7, 11) is 1.34. The Kier molecular flexibility index (Phi) is 6.17. The molecular weight excluding hydrogens is 367 g/mol. The minimum Gasteiger partial charge on any atom is -0.496 e. The number of esters is 1. The zero-order chi connectivity index (χ0) is 20.0. The topological polar surface area (TPSA) is 81.7 Å². The van der Waals surface area contributed by atoms with Crippen LogP contribution in [0.15, 0.2) is 48.5 Å². The molecule has 0 saturated heterocycles. The van der Waals surface area contributed by atoms with Gasteiger partial charge in [-0.1, -0.05) is 24.3 Å². The molecule has 0 bridgehead atoms. The standard InChI is InChI=1S/C18H14F3NO5/c1-26-14-9-5-3-7-12(14)16(24)22-15(23)10-27-17(25)11-6-2-4-8-13(11)18(19,20)21/h2-9H,10H2,1H3,(H,22,23,24). The second-order valence-corrected chi connectivity index (χ2v) is 5.20. The first-order valence-corrected chi connectivity index (χ1v) is 7.54. The molecule has 142 valence electrons. The number of benzene rings is 2. The van der Waals surface area contributed by atoms with E-state index in [4.69, 9.17) is 4.74 Å². The van der Waals surface area contributed by atoms with Crippen LogP contribution in [-0.4, -0.2) is 31.5 Å². The van der Waals surface area contributed by atoms with Gasteiger partial charge in [0.1, 0.15) is 5.75 Å². The van der Waals surface area contributed by atoms with Gasteiger partial charge in [-0.05, 0) is 24.3 Å². The van der Waals surface area contributed by atoms with E-state index in [2.05, 4.69) is 4.74 Å². The van der Waals surface area contributed by atoms with E-state index in [1.165, 1.54) is 25.3 Å². The molecule has 0 aliphatic carbocycles. The number of hydrogen-bond donors (Lipinski definition) is 1. The van der Waals surface area contributed by atoms with Gasteiger partial charge in [-0.15, -0.1) is 0 Å². The smallest absolute Gasteiger partial charge is 0.417 e. The SMILES string of the molecule is COc1ccccc1C(=O)NC(=O)COC(=O)c1ccccc1C(F)(F)F. The van der Waals surface area contributed by atoms with E-state index < -0.39 is 41.7 Å². The maximum Gasteiger partial charge on any atom is 0.417 e. The van der Waals surface area contributed by atoms with Gasteiger partial charge in [-0.25, -0.2) is 4.79 Å². The van der Waals surface area contributed by atoms with Crippen molar-refractivity contribution in [1.82, 2.24) is 5.32 Å². The van der Waals surface area contributed by atoms with Crippen LogP contribution in [0, 0.1) is 0 Å². The Morgan fingerprint density at radius 1 is 0.963 bits per heavy atom. The average Bonchev–Trinajstić information content (AvgIpc) is 2.65. The van der Waals surface area contributed by atoms with Crippen LogP contribution >= 0.6 is 0 Å². The van der Waals surface area contributed by atoms with Crippen LogP contribution in [-0.2, 0) is 15.7 Å². The van der Waals surface area contributed by atoms with Crippen LogP contribution in [0.3, 0.4) is 0 Å². The number of carbonyl (C=O) groups excluding carboxylic acids is 3. The second-order valence-electron chi connectivity index (χ2n) is 5.20. The average molecular weight is 381 g/mol. The van der Waals surface area contributed by atoms with Gasteiger partial charge in [0, 0.05) is 0 Å². The zero-order valence-electron chi connectivity index (χ0n) is 14.0. The van der Waals surface area contributed by atoms with Crippen molar-refractivity contribution >= 4 is 17.8 Å². The highest BCUT2D eigenvalue weighted by Gasteiger charge is 2.35. The number of alkyl halides is 3. The van der Waals surface area contributed by atoms with E-state index in [0.29, 0.717) is 0 Å². The van der Waals surface area contributed by atoms with Crippen molar-refractivity contribution < 1.29 is 37.0 Å². The maximum absolute atomic E-state index is 12.9. The van der Waals surface area contributed by atoms with Crippen molar-refractivity contribution in [1.29, 1.82) is 0 Å². The van der Waals surface area contributed by atoms with E-state index in [9.17, 15) is 27.6 Å². The van der Waals surface area contributed by atoms with Gasteiger partial charge in [0.15, 0.2) is 6.61 Å². The number of methoxy groups -OCH3 is 1. The molecule has 0 radical (unpaired) electrons. The fourth-order valence-electron chi connectivity index (χ4n) is 2.18. The van der Waals surface area contributed by atoms with Crippen LogP contribution in [0.1, 0.15) is 26.3 Å². The summed E-state index contributed by atoms with van der Waals surface area (Å²) in [4.78, 5) is 35.7. The molecule has 6 nitrogen and oxygen atoms in total. The predicted molar refractivity (Wildman–Crippen MR) is 87.2 cm³/mol. The lowest BCUT2D eigenvalue weighted by atomic mass is 10.1. The number of carbonyl (C=O) groups is 3. The Morgan fingerprint density at radius 2 is 1.56 bits per heavy atom. The van der Waals surface area contributed by atoms with Gasteiger partial charge in [0.2, 0.25) is 0 Å². The summed E-state index contributed by atoms with van der Waals surface area (Å²) in [5.74, 6) is -2.91. The number of imide groups is 1. The molecule has 2 aromatic rings. The number of nitrogens with one attached hydrogen (secondary N) is 1. The van der Waals surface area contributed by atoms with Crippen LogP contribution in [0.2, 0.25) is 0 Å². The number of amides is 2. The quantitative estimate of drug-likeness (QED) is 0.806. The molecular formula is C18H14F3NO5. The number of halogens is 3. The molecule has 2 rings (SSSR count). The van der Waals surface area contributed by atoms with Gasteiger partial charge in [0.25, 0.3) is 11.8 Å². The third-order valence-electron chi connectivity index (χ3n) is 3.39. The van der Waals surface area contributed by atoms with Crippen molar-refractivity contribution in [3.8, 4) is 5.75 Å². The van der Waals surface area contributed by atoms with E-state index in [-0.39, 0.29) is 11.3 Å². The first-order chi connectivity index (χ1) is 12.7. The highest BCUT2D eigenvalue weighted by atomic mass is 19.4. The highest BCUT2D eigenvalue weighted by molar-refractivity contribution is 6.07. The summed E-state index contributed by atoms with van der Waals surface area (Å²) in [6, 6.07) is 10.1. The Bertz CT molecular complexity index is 864. The maximum atomic E-state index is 12.9. The first kappa shape index (κ1) is 20.0. The van der Waals surface area contributed by atoms with Crippen LogP contribution in [0.5, 0.6) is 5.75 Å². The summed E-state index contributed by atoms with van der Waals surface area (Å²) in [6.45, 7) is -0.925. The minimum absolute atomic E-state index is 0.0714. The van der Waals surface area contributed by atoms with E-state index in [1.807, 2.05) is 5.32 Å². The third kappa shape index (κ3) is 5.06. The second kappa shape index (κ2) is 8.35. The van der Waals surface area contributed by atoms with Gasteiger partial charge in [-0.3, -0.25) is 14.9 Å². The molecule has 0 spiro atoms. The molecule has 0 atom stereocenters. The third-order valence-corrected chi connectivity index (χ3v) is 3.39. The molecule has 0 aliphatic heterocycles. The molecule has 0 unspecified atom stereocenters. The van der Waals surface area contributed by atoms with Crippen molar-refractivity contribution in [2.45, 2.75) is 6.18 Å². The Labute approximate surface area is 151 Å². The molecule has 27 heavy (non-hydrogen) atoms. The van der Waals surface area contributed by atoms with Crippen LogP contribution in [0.4, 0.5) is 13.2 Å². The highest BCUT2D eigenvalue weighted by Crippen LogP contribution is 2.32. The van der Waals surface area contributed by atoms with Crippen molar-refractivity contribution in [3.63, 3.8) is 0 Å². The van der Waals surface area contributed by atoms with Crippen molar-refractivity contribution in [2.75, 3.05) is 13.7 Å². The normalized spacial score (nSPS) is 10.8. The summed E-state index contributed by atoms with van der Waals surface area (Å²) in [6.07, 6.45) is -4.75. The lowest BCUT2D eigenvalue weighted by molar-refractivity contribution is -0.138. The van der Waals surface area contributed by atoms with Gasteiger partial charge >= 0.3 is 12.1 Å². The van der Waals surface area contributed by atoms with Crippen LogP contribution < -0.4 is 10.1 Å². The molecule has 2 aromatic carbocycles. The fraction of sp³-hybridized carbons (Fsp3) is 0.167. The van der Waals surface area contributed by atoms with E-state index in [0.717, 1.165) is 18.2 Å².